The van der Waals surface area contributed by atoms with Gasteiger partial charge in [-0.2, -0.15) is 0 Å². The van der Waals surface area contributed by atoms with Gasteiger partial charge in [0, 0.05) is 6.54 Å². The Morgan fingerprint density at radius 1 is 1.21 bits per heavy atom. The maximum absolute atomic E-state index is 12.4. The molecule has 0 radical (unpaired) electrons. The van der Waals surface area contributed by atoms with Crippen molar-refractivity contribution in [3.8, 4) is 5.75 Å². The summed E-state index contributed by atoms with van der Waals surface area (Å²) in [6.45, 7) is 1.53. The number of benzene rings is 1. The number of ether oxygens (including phenoxy) is 1. The monoisotopic (exact) mass is 432 g/mol. The van der Waals surface area contributed by atoms with Crippen molar-refractivity contribution in [1.82, 2.24) is 10.2 Å². The lowest BCUT2D eigenvalue weighted by molar-refractivity contribution is -0.118. The molecule has 3 amide bonds. The van der Waals surface area contributed by atoms with Gasteiger partial charge in [-0.3, -0.25) is 10.1 Å². The second-order valence-corrected chi connectivity index (χ2v) is 9.35. The van der Waals surface area contributed by atoms with Gasteiger partial charge in [0.25, 0.3) is 6.43 Å². The molecule has 1 fully saturated rings. The first kappa shape index (κ1) is 23.1. The van der Waals surface area contributed by atoms with Gasteiger partial charge in [-0.15, -0.1) is 0 Å². The predicted molar refractivity (Wildman–Crippen MR) is 104 cm³/mol. The van der Waals surface area contributed by atoms with E-state index >= 15 is 0 Å². The number of carbonyl (C=O) groups excluding carboxylic acids is 2. The highest BCUT2D eigenvalue weighted by atomic mass is 32.2. The molecule has 1 saturated heterocycles. The summed E-state index contributed by atoms with van der Waals surface area (Å²) in [5.41, 5.74) is 0.713. The SMILES string of the molecule is C[C@@H](CS(=O)(=O)CCCCCN1CC(=O)NC1=O)c1cccc(OCC(F)F)c1. The minimum absolute atomic E-state index is 0.0318. The van der Waals surface area contributed by atoms with E-state index in [1.54, 1.807) is 31.2 Å². The van der Waals surface area contributed by atoms with Crippen LogP contribution in [-0.4, -0.2) is 62.9 Å². The molecule has 1 aromatic carbocycles. The summed E-state index contributed by atoms with van der Waals surface area (Å²) in [6, 6.07) is 6.14. The Balaban J connectivity index is 1.74. The van der Waals surface area contributed by atoms with Gasteiger partial charge >= 0.3 is 6.03 Å². The van der Waals surface area contributed by atoms with E-state index in [2.05, 4.69) is 5.32 Å². The van der Waals surface area contributed by atoms with Crippen LogP contribution in [0.25, 0.3) is 0 Å². The minimum atomic E-state index is -3.29. The Morgan fingerprint density at radius 3 is 2.62 bits per heavy atom. The molecule has 162 valence electrons. The topological polar surface area (TPSA) is 92.8 Å². The fraction of sp³-hybridized carbons (Fsp3) is 0.579. The van der Waals surface area contributed by atoms with E-state index in [1.807, 2.05) is 0 Å². The highest BCUT2D eigenvalue weighted by Crippen LogP contribution is 2.23. The van der Waals surface area contributed by atoms with Crippen LogP contribution in [-0.2, 0) is 14.6 Å². The number of alkyl halides is 2. The molecular weight excluding hydrogens is 406 g/mol. The third kappa shape index (κ3) is 7.96. The molecule has 1 aliphatic heterocycles. The normalized spacial score (nSPS) is 15.7. The summed E-state index contributed by atoms with van der Waals surface area (Å²) >= 11 is 0. The van der Waals surface area contributed by atoms with Crippen LogP contribution >= 0.6 is 0 Å². The van der Waals surface area contributed by atoms with Crippen LogP contribution < -0.4 is 10.1 Å². The van der Waals surface area contributed by atoms with Crippen molar-refractivity contribution in [2.24, 2.45) is 0 Å². The minimum Gasteiger partial charge on any atom is -0.488 e. The Morgan fingerprint density at radius 2 is 1.97 bits per heavy atom. The summed E-state index contributed by atoms with van der Waals surface area (Å²) in [5.74, 6) is -0.348. The van der Waals surface area contributed by atoms with Gasteiger partial charge in [-0.25, -0.2) is 22.0 Å². The number of rotatable bonds is 12. The number of unbranched alkanes of at least 4 members (excludes halogenated alkanes) is 2. The van der Waals surface area contributed by atoms with Crippen molar-refractivity contribution in [2.75, 3.05) is 31.2 Å². The lowest BCUT2D eigenvalue weighted by Crippen LogP contribution is -2.29. The molecule has 0 unspecified atom stereocenters. The highest BCUT2D eigenvalue weighted by Gasteiger charge is 2.25. The number of nitrogens with zero attached hydrogens (tertiary/aromatic N) is 1. The molecule has 1 aliphatic rings. The van der Waals surface area contributed by atoms with Crippen LogP contribution in [0, 0.1) is 0 Å². The van der Waals surface area contributed by atoms with E-state index < -0.39 is 28.9 Å². The van der Waals surface area contributed by atoms with Crippen LogP contribution in [0.5, 0.6) is 5.75 Å². The third-order valence-electron chi connectivity index (χ3n) is 4.56. The summed E-state index contributed by atoms with van der Waals surface area (Å²) in [4.78, 5) is 23.9. The Kier molecular flexibility index (Phi) is 8.36. The smallest absolute Gasteiger partial charge is 0.324 e. The number of urea groups is 1. The summed E-state index contributed by atoms with van der Waals surface area (Å²) in [5, 5.41) is 2.19. The number of imide groups is 1. The standard InChI is InChI=1S/C19H26F2N2O5S/c1-14(15-6-5-7-16(10-15)28-12-17(20)21)13-29(26,27)9-4-2-3-8-23-11-18(24)22-19(23)25/h5-7,10,14,17H,2-4,8-9,11-13H2,1H3,(H,22,24,25)/t14-/m0/s1. The maximum atomic E-state index is 12.4. The number of halogens is 2. The molecule has 2 rings (SSSR count). The molecular formula is C19H26F2N2O5S. The molecule has 1 atom stereocenters. The van der Waals surface area contributed by atoms with Gasteiger partial charge < -0.3 is 9.64 Å². The number of hydrogen-bond donors (Lipinski definition) is 1. The molecule has 0 saturated carbocycles. The fourth-order valence-corrected chi connectivity index (χ4v) is 4.86. The van der Waals surface area contributed by atoms with E-state index in [9.17, 15) is 26.8 Å². The van der Waals surface area contributed by atoms with E-state index in [0.29, 0.717) is 31.4 Å². The molecule has 1 N–H and O–H groups in total. The van der Waals surface area contributed by atoms with Crippen molar-refractivity contribution >= 4 is 21.8 Å². The summed E-state index contributed by atoms with van der Waals surface area (Å²) < 4.78 is 54.3. The highest BCUT2D eigenvalue weighted by molar-refractivity contribution is 7.91. The van der Waals surface area contributed by atoms with Crippen LogP contribution in [0.3, 0.4) is 0 Å². The molecule has 10 heteroatoms. The predicted octanol–water partition coefficient (Wildman–Crippen LogP) is 2.57. The molecule has 1 aromatic rings. The number of sulfone groups is 1. The Hall–Kier alpha value is -2.23. The average molecular weight is 432 g/mol. The van der Waals surface area contributed by atoms with E-state index in [4.69, 9.17) is 4.74 Å². The quantitative estimate of drug-likeness (QED) is 0.405. The largest absolute Gasteiger partial charge is 0.488 e. The summed E-state index contributed by atoms with van der Waals surface area (Å²) in [7, 11) is -3.29. The number of amides is 3. The van der Waals surface area contributed by atoms with Gasteiger partial charge in [0.1, 0.15) is 18.9 Å². The first-order valence-corrected chi connectivity index (χ1v) is 11.3. The van der Waals surface area contributed by atoms with Crippen molar-refractivity contribution in [3.05, 3.63) is 29.8 Å². The zero-order valence-electron chi connectivity index (χ0n) is 16.3. The van der Waals surface area contributed by atoms with E-state index in [-0.39, 0.29) is 35.6 Å². The van der Waals surface area contributed by atoms with Crippen molar-refractivity contribution in [2.45, 2.75) is 38.5 Å². The fourth-order valence-electron chi connectivity index (χ4n) is 3.10. The van der Waals surface area contributed by atoms with Gasteiger partial charge in [-0.1, -0.05) is 25.5 Å². The summed E-state index contributed by atoms with van der Waals surface area (Å²) in [6.07, 6.45) is -0.856. The Bertz CT molecular complexity index is 817. The van der Waals surface area contributed by atoms with Gasteiger partial charge in [0.2, 0.25) is 5.91 Å². The Labute approximate surface area is 169 Å². The van der Waals surface area contributed by atoms with Crippen LogP contribution in [0.2, 0.25) is 0 Å². The van der Waals surface area contributed by atoms with Crippen molar-refractivity contribution in [1.29, 1.82) is 0 Å². The van der Waals surface area contributed by atoms with Gasteiger partial charge in [0.05, 0.1) is 11.5 Å². The van der Waals surface area contributed by atoms with Gasteiger partial charge in [0.15, 0.2) is 9.84 Å². The molecule has 0 spiro atoms. The number of nitrogens with one attached hydrogen (secondary N) is 1. The van der Waals surface area contributed by atoms with E-state index in [0.717, 1.165) is 0 Å². The molecule has 7 nitrogen and oxygen atoms in total. The average Bonchev–Trinajstić information content (AvgIpc) is 2.96. The lowest BCUT2D eigenvalue weighted by Gasteiger charge is -2.15. The molecule has 0 aromatic heterocycles. The molecule has 29 heavy (non-hydrogen) atoms. The third-order valence-corrected chi connectivity index (χ3v) is 6.48. The lowest BCUT2D eigenvalue weighted by atomic mass is 10.0. The molecule has 0 aliphatic carbocycles. The maximum Gasteiger partial charge on any atom is 0.324 e. The number of carbonyl (C=O) groups is 2. The second kappa shape index (κ2) is 10.5. The van der Waals surface area contributed by atoms with Crippen LogP contribution in [0.15, 0.2) is 24.3 Å². The molecule has 1 heterocycles. The van der Waals surface area contributed by atoms with Gasteiger partial charge in [-0.05, 0) is 36.5 Å². The zero-order valence-corrected chi connectivity index (χ0v) is 17.1. The van der Waals surface area contributed by atoms with Crippen LogP contribution in [0.4, 0.5) is 13.6 Å². The second-order valence-electron chi connectivity index (χ2n) is 7.13. The first-order valence-electron chi connectivity index (χ1n) is 9.46. The first-order chi connectivity index (χ1) is 13.7. The van der Waals surface area contributed by atoms with Crippen LogP contribution in [0.1, 0.15) is 37.7 Å². The number of hydrogen-bond acceptors (Lipinski definition) is 5. The zero-order chi connectivity index (χ0) is 21.4. The van der Waals surface area contributed by atoms with E-state index in [1.165, 1.54) is 4.90 Å². The molecule has 0 bridgehead atoms. The van der Waals surface area contributed by atoms with Crippen molar-refractivity contribution < 1.29 is 31.5 Å². The van der Waals surface area contributed by atoms with Crippen molar-refractivity contribution in [3.63, 3.8) is 0 Å².